The molecule has 1 aromatic carbocycles. The zero-order chi connectivity index (χ0) is 23.6. The van der Waals surface area contributed by atoms with Gasteiger partial charge in [-0.05, 0) is 43.7 Å². The van der Waals surface area contributed by atoms with E-state index in [0.717, 1.165) is 42.3 Å². The van der Waals surface area contributed by atoms with Gasteiger partial charge in [-0.3, -0.25) is 0 Å². The predicted octanol–water partition coefficient (Wildman–Crippen LogP) is 3.46. The van der Waals surface area contributed by atoms with Gasteiger partial charge < -0.3 is 10.1 Å². The van der Waals surface area contributed by atoms with Crippen LogP contribution < -0.4 is 10.1 Å². The fourth-order valence-electron chi connectivity index (χ4n) is 4.16. The number of ether oxygens (including phenoxy) is 1. The van der Waals surface area contributed by atoms with Crippen molar-refractivity contribution in [1.82, 2.24) is 24.1 Å². The lowest BCUT2D eigenvalue weighted by molar-refractivity contribution is 0.274. The van der Waals surface area contributed by atoms with E-state index in [0.29, 0.717) is 24.3 Å². The van der Waals surface area contributed by atoms with E-state index in [9.17, 15) is 8.42 Å². The van der Waals surface area contributed by atoms with Gasteiger partial charge in [0.15, 0.2) is 5.82 Å². The average molecular weight is 473 g/mol. The molecular formula is C23H32N6O3S. The minimum Gasteiger partial charge on any atom is -0.493 e. The second kappa shape index (κ2) is 9.64. The highest BCUT2D eigenvalue weighted by Gasteiger charge is 2.28. The molecule has 0 radical (unpaired) electrons. The Kier molecular flexibility index (Phi) is 6.85. The van der Waals surface area contributed by atoms with Crippen LogP contribution in [0.25, 0.3) is 16.7 Å². The molecule has 0 aliphatic heterocycles. The first-order valence-corrected chi connectivity index (χ1v) is 13.2. The standard InChI is InChI=1S/C23H32N6O3S/c1-16(2)15-32-21-7-5-6-20-19(21)14-25-29(20)22-12-13-24-23(27-22)26-17-8-10-18(11-9-17)28(3)33(4,30)31/h5-7,12-14,16-18H,8-11,15H2,1-4H3,(H,24,26,27). The Morgan fingerprint density at radius 1 is 1.21 bits per heavy atom. The summed E-state index contributed by atoms with van der Waals surface area (Å²) >= 11 is 0. The number of aromatic nitrogens is 4. The highest BCUT2D eigenvalue weighted by molar-refractivity contribution is 7.88. The molecule has 2 aromatic heterocycles. The zero-order valence-electron chi connectivity index (χ0n) is 19.6. The van der Waals surface area contributed by atoms with Crippen molar-refractivity contribution in [1.29, 1.82) is 0 Å². The molecule has 1 aliphatic rings. The maximum Gasteiger partial charge on any atom is 0.224 e. The van der Waals surface area contributed by atoms with Crippen LogP contribution in [-0.4, -0.2) is 64.5 Å². The number of hydrogen-bond acceptors (Lipinski definition) is 7. The maximum atomic E-state index is 11.8. The summed E-state index contributed by atoms with van der Waals surface area (Å²) in [5.74, 6) is 2.47. The van der Waals surface area contributed by atoms with E-state index < -0.39 is 10.0 Å². The summed E-state index contributed by atoms with van der Waals surface area (Å²) < 4.78 is 32.9. The van der Waals surface area contributed by atoms with E-state index in [1.165, 1.54) is 10.6 Å². The van der Waals surface area contributed by atoms with Crippen LogP contribution in [0.15, 0.2) is 36.7 Å². The minimum atomic E-state index is -3.17. The van der Waals surface area contributed by atoms with Crippen LogP contribution >= 0.6 is 0 Å². The zero-order valence-corrected chi connectivity index (χ0v) is 20.4. The van der Waals surface area contributed by atoms with Gasteiger partial charge >= 0.3 is 0 Å². The number of rotatable bonds is 8. The molecule has 0 saturated heterocycles. The number of nitrogens with zero attached hydrogens (tertiary/aromatic N) is 5. The summed E-state index contributed by atoms with van der Waals surface area (Å²) in [6.07, 6.45) is 8.13. The van der Waals surface area contributed by atoms with Crippen LogP contribution in [0.1, 0.15) is 39.5 Å². The molecule has 0 bridgehead atoms. The molecule has 33 heavy (non-hydrogen) atoms. The molecule has 0 atom stereocenters. The predicted molar refractivity (Wildman–Crippen MR) is 129 cm³/mol. The van der Waals surface area contributed by atoms with Crippen LogP contribution in [0.4, 0.5) is 5.95 Å². The largest absolute Gasteiger partial charge is 0.493 e. The highest BCUT2D eigenvalue weighted by atomic mass is 32.2. The molecule has 10 heteroatoms. The molecule has 178 valence electrons. The van der Waals surface area contributed by atoms with E-state index in [1.807, 2.05) is 24.3 Å². The van der Waals surface area contributed by atoms with Crippen LogP contribution in [0.3, 0.4) is 0 Å². The minimum absolute atomic E-state index is 0.0489. The van der Waals surface area contributed by atoms with Gasteiger partial charge in [-0.25, -0.2) is 22.4 Å². The molecule has 2 heterocycles. The van der Waals surface area contributed by atoms with Crippen molar-refractivity contribution in [3.05, 3.63) is 36.7 Å². The second-order valence-corrected chi connectivity index (χ2v) is 11.2. The molecular weight excluding hydrogens is 440 g/mol. The summed E-state index contributed by atoms with van der Waals surface area (Å²) in [5.41, 5.74) is 0.922. The van der Waals surface area contributed by atoms with Crippen molar-refractivity contribution in [2.75, 3.05) is 25.2 Å². The van der Waals surface area contributed by atoms with E-state index >= 15 is 0 Å². The van der Waals surface area contributed by atoms with Crippen molar-refractivity contribution in [3.8, 4) is 11.6 Å². The number of anilines is 1. The van der Waals surface area contributed by atoms with Gasteiger partial charge in [0.1, 0.15) is 5.75 Å². The van der Waals surface area contributed by atoms with Gasteiger partial charge in [0.05, 0.1) is 30.0 Å². The van der Waals surface area contributed by atoms with Crippen molar-refractivity contribution >= 4 is 26.9 Å². The fourth-order valence-corrected chi connectivity index (χ4v) is 4.92. The second-order valence-electron chi connectivity index (χ2n) is 9.12. The summed E-state index contributed by atoms with van der Waals surface area (Å²) in [6.45, 7) is 4.89. The number of nitrogens with one attached hydrogen (secondary N) is 1. The molecule has 3 aromatic rings. The Morgan fingerprint density at radius 2 is 1.97 bits per heavy atom. The molecule has 9 nitrogen and oxygen atoms in total. The molecule has 0 unspecified atom stereocenters. The smallest absolute Gasteiger partial charge is 0.224 e. The van der Waals surface area contributed by atoms with Crippen molar-refractivity contribution < 1.29 is 13.2 Å². The summed E-state index contributed by atoms with van der Waals surface area (Å²) in [4.78, 5) is 9.08. The van der Waals surface area contributed by atoms with Gasteiger partial charge in [0.25, 0.3) is 0 Å². The van der Waals surface area contributed by atoms with Crippen molar-refractivity contribution in [2.45, 2.75) is 51.6 Å². The molecule has 0 amide bonds. The molecule has 1 aliphatic carbocycles. The van der Waals surface area contributed by atoms with E-state index in [4.69, 9.17) is 4.74 Å². The van der Waals surface area contributed by atoms with Gasteiger partial charge in [-0.15, -0.1) is 0 Å². The van der Waals surface area contributed by atoms with Crippen molar-refractivity contribution in [2.24, 2.45) is 5.92 Å². The van der Waals surface area contributed by atoms with E-state index in [2.05, 4.69) is 34.2 Å². The van der Waals surface area contributed by atoms with Gasteiger partial charge in [0, 0.05) is 31.4 Å². The van der Waals surface area contributed by atoms with E-state index in [1.54, 1.807) is 24.1 Å². The Balaban J connectivity index is 1.47. The van der Waals surface area contributed by atoms with Gasteiger partial charge in [-0.1, -0.05) is 19.9 Å². The summed E-state index contributed by atoms with van der Waals surface area (Å²) in [6, 6.07) is 8.00. The molecule has 1 N–H and O–H groups in total. The Bertz CT molecular complexity index is 1200. The molecule has 1 fully saturated rings. The first-order chi connectivity index (χ1) is 15.7. The highest BCUT2D eigenvalue weighted by Crippen LogP contribution is 2.28. The third kappa shape index (κ3) is 5.44. The Hall–Kier alpha value is -2.72. The number of hydrogen-bond donors (Lipinski definition) is 1. The molecule has 4 rings (SSSR count). The van der Waals surface area contributed by atoms with Gasteiger partial charge in [-0.2, -0.15) is 10.1 Å². The third-order valence-electron chi connectivity index (χ3n) is 6.07. The lowest BCUT2D eigenvalue weighted by Gasteiger charge is -2.33. The lowest BCUT2D eigenvalue weighted by Crippen LogP contribution is -2.41. The van der Waals surface area contributed by atoms with Crippen LogP contribution in [0.2, 0.25) is 0 Å². The normalized spacial score (nSPS) is 19.3. The summed E-state index contributed by atoms with van der Waals surface area (Å²) in [5, 5.41) is 8.91. The summed E-state index contributed by atoms with van der Waals surface area (Å²) in [7, 11) is -1.51. The first kappa shape index (κ1) is 23.4. The number of sulfonamides is 1. The first-order valence-electron chi connectivity index (χ1n) is 11.3. The average Bonchev–Trinajstić information content (AvgIpc) is 3.22. The quantitative estimate of drug-likeness (QED) is 0.535. The SMILES string of the molecule is CC(C)COc1cccc2c1cnn2-c1ccnc(NC2CCC(N(C)S(C)(=O)=O)CC2)n1. The Morgan fingerprint density at radius 3 is 2.67 bits per heavy atom. The van der Waals surface area contributed by atoms with Crippen molar-refractivity contribution in [3.63, 3.8) is 0 Å². The number of benzene rings is 1. The Labute approximate surface area is 195 Å². The number of fused-ring (bicyclic) bond motifs is 1. The third-order valence-corrected chi connectivity index (χ3v) is 7.42. The lowest BCUT2D eigenvalue weighted by atomic mass is 9.91. The van der Waals surface area contributed by atoms with Gasteiger partial charge in [0.2, 0.25) is 16.0 Å². The monoisotopic (exact) mass is 472 g/mol. The van der Waals surface area contributed by atoms with Crippen LogP contribution in [0, 0.1) is 5.92 Å². The van der Waals surface area contributed by atoms with Crippen LogP contribution in [0.5, 0.6) is 5.75 Å². The van der Waals surface area contributed by atoms with E-state index in [-0.39, 0.29) is 12.1 Å². The fraction of sp³-hybridized carbons (Fsp3) is 0.522. The maximum absolute atomic E-state index is 11.8. The van der Waals surface area contributed by atoms with Crippen LogP contribution in [-0.2, 0) is 10.0 Å². The molecule has 0 spiro atoms. The topological polar surface area (TPSA) is 102 Å². The molecule has 1 saturated carbocycles.